The summed E-state index contributed by atoms with van der Waals surface area (Å²) < 4.78 is 28.0. The molecule has 0 atom stereocenters. The summed E-state index contributed by atoms with van der Waals surface area (Å²) in [5, 5.41) is 5.34. The van der Waals surface area contributed by atoms with Gasteiger partial charge in [-0.15, -0.1) is 6.58 Å². The van der Waals surface area contributed by atoms with Crippen LogP contribution in [0.1, 0.15) is 17.3 Å². The lowest BCUT2D eigenvalue weighted by Crippen LogP contribution is -2.31. The van der Waals surface area contributed by atoms with Gasteiger partial charge < -0.3 is 10.6 Å². The molecule has 0 unspecified atom stereocenters. The molecule has 0 aromatic heterocycles. The van der Waals surface area contributed by atoms with Gasteiger partial charge in [0.25, 0.3) is 15.9 Å². The molecule has 3 aromatic rings. The minimum Gasteiger partial charge on any atom is -0.326 e. The van der Waals surface area contributed by atoms with Crippen molar-refractivity contribution in [2.45, 2.75) is 11.8 Å². The van der Waals surface area contributed by atoms with E-state index in [1.807, 2.05) is 0 Å². The Morgan fingerprint density at radius 1 is 0.970 bits per heavy atom. The molecule has 0 fully saturated rings. The Balaban J connectivity index is 1.90. The lowest BCUT2D eigenvalue weighted by atomic mass is 10.2. The third-order valence-corrected chi connectivity index (χ3v) is 6.84. The summed E-state index contributed by atoms with van der Waals surface area (Å²) >= 11 is 6.24. The van der Waals surface area contributed by atoms with Crippen LogP contribution in [0.2, 0.25) is 5.02 Å². The topological polar surface area (TPSA) is 95.6 Å². The normalized spacial score (nSPS) is 10.8. The summed E-state index contributed by atoms with van der Waals surface area (Å²) in [5.74, 6) is -0.715. The van der Waals surface area contributed by atoms with Crippen molar-refractivity contribution in [2.24, 2.45) is 0 Å². The number of rotatable bonds is 8. The van der Waals surface area contributed by atoms with Crippen molar-refractivity contribution < 1.29 is 18.0 Å². The number of carbonyl (C=O) groups excluding carboxylic acids is 2. The fraction of sp³-hybridized carbons (Fsp3) is 0.0833. The molecule has 0 aliphatic heterocycles. The molecule has 0 aliphatic rings. The molecule has 0 aliphatic carbocycles. The Labute approximate surface area is 197 Å². The predicted octanol–water partition coefficient (Wildman–Crippen LogP) is 4.93. The van der Waals surface area contributed by atoms with E-state index in [2.05, 4.69) is 17.2 Å². The fourth-order valence-corrected chi connectivity index (χ4v) is 5.00. The lowest BCUT2D eigenvalue weighted by molar-refractivity contribution is -0.114. The maximum atomic E-state index is 13.4. The Kier molecular flexibility index (Phi) is 7.52. The van der Waals surface area contributed by atoms with E-state index in [9.17, 15) is 18.0 Å². The van der Waals surface area contributed by atoms with Crippen molar-refractivity contribution >= 4 is 50.5 Å². The van der Waals surface area contributed by atoms with Crippen molar-refractivity contribution in [3.8, 4) is 0 Å². The maximum Gasteiger partial charge on any atom is 0.266 e. The van der Waals surface area contributed by atoms with Gasteiger partial charge >= 0.3 is 0 Å². The van der Waals surface area contributed by atoms with Gasteiger partial charge in [-0.2, -0.15) is 0 Å². The number of sulfonamides is 1. The molecule has 170 valence electrons. The largest absolute Gasteiger partial charge is 0.326 e. The average molecular weight is 484 g/mol. The number of para-hydroxylation sites is 1. The minimum atomic E-state index is -4.08. The van der Waals surface area contributed by atoms with Gasteiger partial charge in [-0.3, -0.25) is 13.9 Å². The minimum absolute atomic E-state index is 0.00352. The summed E-state index contributed by atoms with van der Waals surface area (Å²) in [6, 6.07) is 19.2. The zero-order valence-corrected chi connectivity index (χ0v) is 19.4. The quantitative estimate of drug-likeness (QED) is 0.444. The Bertz CT molecular complexity index is 1280. The molecule has 0 heterocycles. The molecule has 2 amide bonds. The summed E-state index contributed by atoms with van der Waals surface area (Å²) in [4.78, 5) is 23.7. The van der Waals surface area contributed by atoms with Crippen LogP contribution in [0.3, 0.4) is 0 Å². The van der Waals surface area contributed by atoms with Crippen LogP contribution >= 0.6 is 11.6 Å². The van der Waals surface area contributed by atoms with Crippen molar-refractivity contribution in [3.63, 3.8) is 0 Å². The number of anilines is 3. The van der Waals surface area contributed by atoms with Crippen molar-refractivity contribution in [1.82, 2.24) is 0 Å². The van der Waals surface area contributed by atoms with Gasteiger partial charge in [0.1, 0.15) is 4.90 Å². The first kappa shape index (κ1) is 24.0. The summed E-state index contributed by atoms with van der Waals surface area (Å²) in [5.41, 5.74) is 1.63. The molecule has 0 saturated carbocycles. The first-order chi connectivity index (χ1) is 15.7. The van der Waals surface area contributed by atoms with Gasteiger partial charge in [0, 0.05) is 23.9 Å². The van der Waals surface area contributed by atoms with Crippen LogP contribution in [0.4, 0.5) is 17.1 Å². The van der Waals surface area contributed by atoms with E-state index in [0.29, 0.717) is 17.1 Å². The molecule has 9 heteroatoms. The molecule has 3 rings (SSSR count). The molecular formula is C24H22ClN3O4S. The van der Waals surface area contributed by atoms with Crippen molar-refractivity contribution in [1.29, 1.82) is 0 Å². The first-order valence-corrected chi connectivity index (χ1v) is 11.7. The van der Waals surface area contributed by atoms with Gasteiger partial charge in [-0.25, -0.2) is 8.42 Å². The zero-order chi connectivity index (χ0) is 24.0. The molecule has 33 heavy (non-hydrogen) atoms. The molecule has 2 N–H and O–H groups in total. The summed E-state index contributed by atoms with van der Waals surface area (Å²) in [6.07, 6.45) is 1.47. The van der Waals surface area contributed by atoms with E-state index in [0.717, 1.165) is 0 Å². The van der Waals surface area contributed by atoms with Gasteiger partial charge in [0.2, 0.25) is 5.91 Å². The molecular weight excluding hydrogens is 462 g/mol. The Morgan fingerprint density at radius 2 is 1.58 bits per heavy atom. The highest BCUT2D eigenvalue weighted by atomic mass is 35.5. The fourth-order valence-electron chi connectivity index (χ4n) is 3.06. The monoisotopic (exact) mass is 483 g/mol. The second-order valence-corrected chi connectivity index (χ2v) is 9.26. The van der Waals surface area contributed by atoms with E-state index in [4.69, 9.17) is 11.6 Å². The number of carbonyl (C=O) groups is 2. The number of hydrogen-bond acceptors (Lipinski definition) is 4. The first-order valence-electron chi connectivity index (χ1n) is 9.89. The van der Waals surface area contributed by atoms with E-state index in [1.165, 1.54) is 35.5 Å². The summed E-state index contributed by atoms with van der Waals surface area (Å²) in [6.45, 7) is 5.07. The van der Waals surface area contributed by atoms with Crippen LogP contribution in [0.25, 0.3) is 0 Å². The molecule has 7 nitrogen and oxygen atoms in total. The van der Waals surface area contributed by atoms with Gasteiger partial charge in [0.15, 0.2) is 0 Å². The second-order valence-electron chi connectivity index (χ2n) is 7.02. The van der Waals surface area contributed by atoms with Crippen LogP contribution < -0.4 is 14.9 Å². The smallest absolute Gasteiger partial charge is 0.266 e. The maximum absolute atomic E-state index is 13.4. The number of hydrogen-bond donors (Lipinski definition) is 2. The van der Waals surface area contributed by atoms with E-state index >= 15 is 0 Å². The lowest BCUT2D eigenvalue weighted by Gasteiger charge is -2.24. The third kappa shape index (κ3) is 5.79. The highest BCUT2D eigenvalue weighted by molar-refractivity contribution is 7.93. The van der Waals surface area contributed by atoms with Gasteiger partial charge in [-0.1, -0.05) is 35.9 Å². The molecule has 0 saturated heterocycles. The average Bonchev–Trinajstić information content (AvgIpc) is 2.79. The number of nitrogens with zero attached hydrogens (tertiary/aromatic N) is 1. The molecule has 3 aromatic carbocycles. The van der Waals surface area contributed by atoms with Crippen LogP contribution in [-0.2, 0) is 14.8 Å². The second kappa shape index (κ2) is 10.3. The Hall–Kier alpha value is -3.62. The number of nitrogens with one attached hydrogen (secondary N) is 2. The molecule has 0 spiro atoms. The van der Waals surface area contributed by atoms with Crippen LogP contribution in [0.5, 0.6) is 0 Å². The number of halogens is 1. The highest BCUT2D eigenvalue weighted by Gasteiger charge is 2.27. The zero-order valence-electron chi connectivity index (χ0n) is 17.8. The molecule has 0 bridgehead atoms. The van der Waals surface area contributed by atoms with Crippen LogP contribution in [0.15, 0.2) is 90.3 Å². The van der Waals surface area contributed by atoms with Crippen LogP contribution in [0, 0.1) is 0 Å². The molecule has 0 radical (unpaired) electrons. The van der Waals surface area contributed by atoms with Crippen molar-refractivity contribution in [2.75, 3.05) is 21.5 Å². The number of benzene rings is 3. The van der Waals surface area contributed by atoms with E-state index in [1.54, 1.807) is 54.6 Å². The number of amides is 2. The third-order valence-electron chi connectivity index (χ3n) is 4.56. The SMILES string of the molecule is C=CCN(c1ccccc1)S(=O)(=O)c1cc(C(=O)Nc2ccc(NC(C)=O)cc2)ccc1Cl. The van der Waals surface area contributed by atoms with E-state index in [-0.39, 0.29) is 27.9 Å². The highest BCUT2D eigenvalue weighted by Crippen LogP contribution is 2.29. The Morgan fingerprint density at radius 3 is 2.15 bits per heavy atom. The van der Waals surface area contributed by atoms with Gasteiger partial charge in [0.05, 0.1) is 17.3 Å². The summed E-state index contributed by atoms with van der Waals surface area (Å²) in [7, 11) is -4.08. The van der Waals surface area contributed by atoms with Crippen LogP contribution in [-0.4, -0.2) is 26.8 Å². The van der Waals surface area contributed by atoms with E-state index < -0.39 is 15.9 Å². The predicted molar refractivity (Wildman–Crippen MR) is 131 cm³/mol. The standard InChI is InChI=1S/C24H22ClN3O4S/c1-3-15-28(21-7-5-4-6-8-21)33(31,32)23-16-18(9-14-22(23)25)24(30)27-20-12-10-19(11-13-20)26-17(2)29/h3-14,16H,1,15H2,2H3,(H,26,29)(H,27,30). The van der Waals surface area contributed by atoms with Crippen molar-refractivity contribution in [3.05, 3.63) is 96.0 Å². The van der Waals surface area contributed by atoms with Gasteiger partial charge in [-0.05, 0) is 54.6 Å².